The van der Waals surface area contributed by atoms with E-state index in [4.69, 9.17) is 11.6 Å². The average Bonchev–Trinajstić information content (AvgIpc) is 3.20. The second kappa shape index (κ2) is 5.67. The molecule has 3 rings (SSSR count). The summed E-state index contributed by atoms with van der Waals surface area (Å²) in [4.78, 5) is 16.3. The van der Waals surface area contributed by atoms with Crippen LogP contribution in [0, 0.1) is 12.8 Å². The number of imidazole rings is 1. The Kier molecular flexibility index (Phi) is 3.89. The Labute approximate surface area is 128 Å². The van der Waals surface area contributed by atoms with Crippen LogP contribution in [0.4, 0.5) is 0 Å². The molecule has 1 saturated carbocycles. The Morgan fingerprint density at radius 1 is 1.48 bits per heavy atom. The highest BCUT2D eigenvalue weighted by Crippen LogP contribution is 2.28. The normalized spacial score (nSPS) is 14.8. The zero-order valence-electron chi connectivity index (χ0n) is 12.4. The quantitative estimate of drug-likeness (QED) is 0.828. The molecule has 1 aliphatic carbocycles. The minimum atomic E-state index is 0.166. The van der Waals surface area contributed by atoms with Gasteiger partial charge in [-0.15, -0.1) is 11.6 Å². The third-order valence-electron chi connectivity index (χ3n) is 3.88. The number of nitrogens with zero attached hydrogens (tertiary/aromatic N) is 4. The predicted octanol–water partition coefficient (Wildman–Crippen LogP) is 1.83. The molecule has 1 aliphatic rings. The number of alkyl halides is 1. The summed E-state index contributed by atoms with van der Waals surface area (Å²) in [5.74, 6) is 1.59. The SMILES string of the molecule is CCn1nc(C)c2nc(CCl)n(CCNC(=O)C3CC3)c21. The summed E-state index contributed by atoms with van der Waals surface area (Å²) in [6.45, 7) is 6.06. The van der Waals surface area contributed by atoms with Crippen molar-refractivity contribution >= 4 is 28.7 Å². The highest BCUT2D eigenvalue weighted by molar-refractivity contribution is 6.16. The number of carbonyl (C=O) groups excluding carboxylic acids is 1. The van der Waals surface area contributed by atoms with Crippen molar-refractivity contribution in [3.8, 4) is 0 Å². The Morgan fingerprint density at radius 2 is 2.24 bits per heavy atom. The molecule has 2 heterocycles. The van der Waals surface area contributed by atoms with Crippen molar-refractivity contribution in [3.05, 3.63) is 11.5 Å². The summed E-state index contributed by atoms with van der Waals surface area (Å²) >= 11 is 6.01. The first-order valence-corrected chi connectivity index (χ1v) is 7.95. The lowest BCUT2D eigenvalue weighted by atomic mass is 10.4. The van der Waals surface area contributed by atoms with Crippen LogP contribution in [0.1, 0.15) is 31.3 Å². The smallest absolute Gasteiger partial charge is 0.223 e. The molecular weight excluding hydrogens is 290 g/mol. The Hall–Kier alpha value is -1.56. The van der Waals surface area contributed by atoms with Crippen LogP contribution in [0.2, 0.25) is 0 Å². The molecule has 0 aliphatic heterocycles. The molecule has 0 spiro atoms. The highest BCUT2D eigenvalue weighted by Gasteiger charge is 2.29. The van der Waals surface area contributed by atoms with Crippen LogP contribution in [0.15, 0.2) is 0 Å². The molecule has 7 heteroatoms. The lowest BCUT2D eigenvalue weighted by Crippen LogP contribution is -2.29. The minimum absolute atomic E-state index is 0.166. The van der Waals surface area contributed by atoms with Gasteiger partial charge in [0.15, 0.2) is 5.65 Å². The number of hydrogen-bond donors (Lipinski definition) is 1. The third kappa shape index (κ3) is 2.64. The van der Waals surface area contributed by atoms with E-state index in [2.05, 4.69) is 26.9 Å². The molecule has 0 unspecified atom stereocenters. The molecule has 1 N–H and O–H groups in total. The number of halogens is 1. The van der Waals surface area contributed by atoms with E-state index in [0.717, 1.165) is 42.1 Å². The van der Waals surface area contributed by atoms with E-state index < -0.39 is 0 Å². The number of rotatable bonds is 6. The minimum Gasteiger partial charge on any atom is -0.354 e. The van der Waals surface area contributed by atoms with Gasteiger partial charge >= 0.3 is 0 Å². The van der Waals surface area contributed by atoms with Gasteiger partial charge in [0.25, 0.3) is 0 Å². The van der Waals surface area contributed by atoms with E-state index >= 15 is 0 Å². The summed E-state index contributed by atoms with van der Waals surface area (Å²) in [6.07, 6.45) is 2.05. The van der Waals surface area contributed by atoms with Crippen molar-refractivity contribution in [2.75, 3.05) is 6.54 Å². The van der Waals surface area contributed by atoms with Crippen LogP contribution in [0.5, 0.6) is 0 Å². The summed E-state index contributed by atoms with van der Waals surface area (Å²) in [5, 5.41) is 7.47. The molecule has 0 atom stereocenters. The van der Waals surface area contributed by atoms with Crippen LogP contribution in [0.25, 0.3) is 11.2 Å². The predicted molar refractivity (Wildman–Crippen MR) is 81.2 cm³/mol. The molecule has 2 aromatic rings. The van der Waals surface area contributed by atoms with Crippen LogP contribution in [-0.4, -0.2) is 31.8 Å². The molecule has 2 aromatic heterocycles. The van der Waals surface area contributed by atoms with Gasteiger partial charge in [-0.25, -0.2) is 9.67 Å². The van der Waals surface area contributed by atoms with Crippen molar-refractivity contribution in [2.24, 2.45) is 5.92 Å². The average molecular weight is 310 g/mol. The van der Waals surface area contributed by atoms with Crippen molar-refractivity contribution in [1.29, 1.82) is 0 Å². The van der Waals surface area contributed by atoms with Crippen molar-refractivity contribution in [1.82, 2.24) is 24.6 Å². The van der Waals surface area contributed by atoms with Crippen molar-refractivity contribution < 1.29 is 4.79 Å². The first-order valence-electron chi connectivity index (χ1n) is 7.41. The van der Waals surface area contributed by atoms with E-state index in [-0.39, 0.29) is 11.8 Å². The number of hydrogen-bond acceptors (Lipinski definition) is 3. The van der Waals surface area contributed by atoms with Crippen molar-refractivity contribution in [2.45, 2.75) is 45.7 Å². The lowest BCUT2D eigenvalue weighted by Gasteiger charge is -2.10. The number of carbonyl (C=O) groups is 1. The number of amides is 1. The maximum Gasteiger partial charge on any atom is 0.223 e. The fraction of sp³-hybridized carbons (Fsp3) is 0.643. The standard InChI is InChI=1S/C14H20ClN5O/c1-3-20-14-12(9(2)18-20)17-11(8-15)19(14)7-6-16-13(21)10-4-5-10/h10H,3-8H2,1-2H3,(H,16,21). The maximum absolute atomic E-state index is 11.7. The van der Waals surface area contributed by atoms with Gasteiger partial charge in [0.1, 0.15) is 11.3 Å². The molecule has 1 amide bonds. The van der Waals surface area contributed by atoms with Gasteiger partial charge in [-0.05, 0) is 26.7 Å². The number of aromatic nitrogens is 4. The third-order valence-corrected chi connectivity index (χ3v) is 4.12. The van der Waals surface area contributed by atoms with E-state index in [1.54, 1.807) is 0 Å². The summed E-state index contributed by atoms with van der Waals surface area (Å²) in [6, 6.07) is 0. The monoisotopic (exact) mass is 309 g/mol. The summed E-state index contributed by atoms with van der Waals surface area (Å²) in [7, 11) is 0. The highest BCUT2D eigenvalue weighted by atomic mass is 35.5. The van der Waals surface area contributed by atoms with E-state index in [9.17, 15) is 4.79 Å². The molecule has 0 radical (unpaired) electrons. The van der Waals surface area contributed by atoms with Crippen LogP contribution in [0.3, 0.4) is 0 Å². The first kappa shape index (κ1) is 14.4. The molecule has 1 fully saturated rings. The van der Waals surface area contributed by atoms with Crippen LogP contribution >= 0.6 is 11.6 Å². The molecule has 0 aromatic carbocycles. The van der Waals surface area contributed by atoms with Gasteiger partial charge in [-0.3, -0.25) is 4.79 Å². The molecule has 0 bridgehead atoms. The van der Waals surface area contributed by atoms with Crippen molar-refractivity contribution in [3.63, 3.8) is 0 Å². The van der Waals surface area contributed by atoms with Crippen LogP contribution < -0.4 is 5.32 Å². The van der Waals surface area contributed by atoms with E-state index in [1.807, 2.05) is 11.6 Å². The van der Waals surface area contributed by atoms with Gasteiger partial charge in [-0.1, -0.05) is 0 Å². The van der Waals surface area contributed by atoms with E-state index in [0.29, 0.717) is 19.0 Å². The van der Waals surface area contributed by atoms with Gasteiger partial charge in [0, 0.05) is 25.6 Å². The van der Waals surface area contributed by atoms with E-state index in [1.165, 1.54) is 0 Å². The zero-order chi connectivity index (χ0) is 15.0. The lowest BCUT2D eigenvalue weighted by molar-refractivity contribution is -0.122. The topological polar surface area (TPSA) is 64.7 Å². The number of fused-ring (bicyclic) bond motifs is 1. The molecular formula is C14H20ClN5O. The fourth-order valence-corrected chi connectivity index (χ4v) is 2.81. The largest absolute Gasteiger partial charge is 0.354 e. The summed E-state index contributed by atoms with van der Waals surface area (Å²) < 4.78 is 4.01. The number of aryl methyl sites for hydroxylation is 2. The van der Waals surface area contributed by atoms with Gasteiger partial charge < -0.3 is 9.88 Å². The molecule has 0 saturated heterocycles. The molecule has 6 nitrogen and oxygen atoms in total. The van der Waals surface area contributed by atoms with Crippen LogP contribution in [-0.2, 0) is 23.8 Å². The van der Waals surface area contributed by atoms with Gasteiger partial charge in [0.05, 0.1) is 11.6 Å². The summed E-state index contributed by atoms with van der Waals surface area (Å²) in [5.41, 5.74) is 2.81. The second-order valence-electron chi connectivity index (χ2n) is 5.45. The number of nitrogens with one attached hydrogen (secondary N) is 1. The van der Waals surface area contributed by atoms with Gasteiger partial charge in [0.2, 0.25) is 5.91 Å². The molecule has 21 heavy (non-hydrogen) atoms. The first-order chi connectivity index (χ1) is 10.2. The Morgan fingerprint density at radius 3 is 2.86 bits per heavy atom. The maximum atomic E-state index is 11.7. The molecule has 114 valence electrons. The Bertz CT molecular complexity index is 670. The fourth-order valence-electron chi connectivity index (χ4n) is 2.61. The Balaban J connectivity index is 1.82. The second-order valence-corrected chi connectivity index (χ2v) is 5.72. The zero-order valence-corrected chi connectivity index (χ0v) is 13.2. The van der Waals surface area contributed by atoms with Gasteiger partial charge in [-0.2, -0.15) is 5.10 Å².